The van der Waals surface area contributed by atoms with Crippen molar-refractivity contribution >= 4 is 15.7 Å². The fourth-order valence-electron chi connectivity index (χ4n) is 3.31. The van der Waals surface area contributed by atoms with Crippen LogP contribution >= 0.6 is 0 Å². The number of anilines is 1. The van der Waals surface area contributed by atoms with Gasteiger partial charge in [0.1, 0.15) is 5.82 Å². The highest BCUT2D eigenvalue weighted by atomic mass is 32.2. The highest BCUT2D eigenvalue weighted by molar-refractivity contribution is 7.91. The molecule has 1 aromatic heterocycles. The molecule has 0 amide bonds. The molecular formula is C21H21FN2O3S. The molecule has 1 fully saturated rings. The molecule has 0 radical (unpaired) electrons. The molecule has 0 bridgehead atoms. The van der Waals surface area contributed by atoms with Crippen LogP contribution in [0, 0.1) is 11.7 Å². The number of hydrogen-bond donors (Lipinski definition) is 0. The molecule has 1 aliphatic heterocycles. The minimum Gasteiger partial charge on any atom is -0.419 e. The van der Waals surface area contributed by atoms with Crippen molar-refractivity contribution in [1.82, 2.24) is 4.98 Å². The number of hydrogen-bond acceptors (Lipinski definition) is 5. The van der Waals surface area contributed by atoms with Gasteiger partial charge < -0.3 is 9.32 Å². The van der Waals surface area contributed by atoms with E-state index in [1.807, 2.05) is 35.2 Å². The van der Waals surface area contributed by atoms with Gasteiger partial charge in [0, 0.05) is 18.7 Å². The zero-order valence-corrected chi connectivity index (χ0v) is 16.3. The first-order valence-electron chi connectivity index (χ1n) is 9.27. The maximum Gasteiger partial charge on any atom is 0.236 e. The molecule has 0 atom stereocenters. The Balaban J connectivity index is 1.82. The maximum absolute atomic E-state index is 13.3. The molecule has 146 valence electrons. The Morgan fingerprint density at radius 3 is 2.32 bits per heavy atom. The van der Waals surface area contributed by atoms with Crippen molar-refractivity contribution in [1.29, 1.82) is 0 Å². The average molecular weight is 400 g/mol. The molecule has 0 unspecified atom stereocenters. The van der Waals surface area contributed by atoms with Crippen LogP contribution in [0.5, 0.6) is 0 Å². The molecule has 4 rings (SSSR count). The van der Waals surface area contributed by atoms with Gasteiger partial charge in [-0.2, -0.15) is 4.98 Å². The first kappa shape index (κ1) is 18.7. The number of nitrogens with zero attached hydrogens (tertiary/aromatic N) is 2. The Labute approximate surface area is 163 Å². The number of sulfone groups is 1. The monoisotopic (exact) mass is 400 g/mol. The SMILES string of the molecule is CC1CCN(c2oc(-c3ccccc3)nc2S(=O)(=O)c2ccc(F)cc2)CC1. The van der Waals surface area contributed by atoms with Crippen molar-refractivity contribution in [2.24, 2.45) is 5.92 Å². The van der Waals surface area contributed by atoms with Gasteiger partial charge in [-0.3, -0.25) is 0 Å². The molecule has 28 heavy (non-hydrogen) atoms. The molecule has 0 aliphatic carbocycles. The Bertz CT molecular complexity index is 1050. The van der Waals surface area contributed by atoms with Crippen LogP contribution in [-0.4, -0.2) is 26.5 Å². The summed E-state index contributed by atoms with van der Waals surface area (Å²) < 4.78 is 45.7. The van der Waals surface area contributed by atoms with Crippen LogP contribution in [0.4, 0.5) is 10.3 Å². The third kappa shape index (κ3) is 3.54. The van der Waals surface area contributed by atoms with E-state index in [0.717, 1.165) is 25.0 Å². The first-order valence-corrected chi connectivity index (χ1v) is 10.8. The van der Waals surface area contributed by atoms with Gasteiger partial charge in [0.25, 0.3) is 0 Å². The molecular weight excluding hydrogens is 379 g/mol. The van der Waals surface area contributed by atoms with Gasteiger partial charge in [0.2, 0.25) is 26.6 Å². The number of aromatic nitrogens is 1. The lowest BCUT2D eigenvalue weighted by atomic mass is 9.99. The Morgan fingerprint density at radius 2 is 1.68 bits per heavy atom. The van der Waals surface area contributed by atoms with E-state index in [0.29, 0.717) is 24.6 Å². The van der Waals surface area contributed by atoms with Crippen molar-refractivity contribution in [3.8, 4) is 11.5 Å². The predicted octanol–water partition coefficient (Wildman–Crippen LogP) is 4.55. The minimum absolute atomic E-state index is 0.00607. The second kappa shape index (κ2) is 7.39. The third-order valence-electron chi connectivity index (χ3n) is 5.05. The zero-order valence-electron chi connectivity index (χ0n) is 15.5. The van der Waals surface area contributed by atoms with Crippen molar-refractivity contribution < 1.29 is 17.2 Å². The number of piperidine rings is 1. The Morgan fingerprint density at radius 1 is 1.04 bits per heavy atom. The number of rotatable bonds is 4. The summed E-state index contributed by atoms with van der Waals surface area (Å²) in [4.78, 5) is 6.29. The molecule has 0 N–H and O–H groups in total. The summed E-state index contributed by atoms with van der Waals surface area (Å²) in [5, 5.41) is -0.118. The van der Waals surface area contributed by atoms with Crippen LogP contribution < -0.4 is 4.90 Å². The fourth-order valence-corrected chi connectivity index (χ4v) is 4.64. The molecule has 0 spiro atoms. The van der Waals surface area contributed by atoms with Gasteiger partial charge in [0.15, 0.2) is 0 Å². The van der Waals surface area contributed by atoms with Gasteiger partial charge in [0.05, 0.1) is 4.90 Å². The quantitative estimate of drug-likeness (QED) is 0.601. The zero-order chi connectivity index (χ0) is 19.7. The number of benzene rings is 2. The van der Waals surface area contributed by atoms with Gasteiger partial charge in [-0.1, -0.05) is 25.1 Å². The lowest BCUT2D eigenvalue weighted by molar-refractivity contribution is 0.415. The molecule has 2 aromatic carbocycles. The van der Waals surface area contributed by atoms with Crippen molar-refractivity contribution in [2.75, 3.05) is 18.0 Å². The van der Waals surface area contributed by atoms with Gasteiger partial charge in [-0.05, 0) is 55.2 Å². The lowest BCUT2D eigenvalue weighted by Gasteiger charge is -2.30. The van der Waals surface area contributed by atoms with E-state index in [-0.39, 0.29) is 21.7 Å². The standard InChI is InChI=1S/C21H21FN2O3S/c1-15-11-13-24(14-12-15)21-20(23-19(27-21)16-5-3-2-4-6-16)28(25,26)18-9-7-17(22)8-10-18/h2-10,15H,11-14H2,1H3. The molecule has 7 heteroatoms. The maximum atomic E-state index is 13.3. The lowest BCUT2D eigenvalue weighted by Crippen LogP contribution is -2.33. The average Bonchev–Trinajstić information content (AvgIpc) is 3.16. The second-order valence-corrected chi connectivity index (χ2v) is 8.99. The fraction of sp³-hybridized carbons (Fsp3) is 0.286. The highest BCUT2D eigenvalue weighted by Crippen LogP contribution is 2.36. The Kier molecular flexibility index (Phi) is 4.93. The molecule has 5 nitrogen and oxygen atoms in total. The van der Waals surface area contributed by atoms with Gasteiger partial charge >= 0.3 is 0 Å². The highest BCUT2D eigenvalue weighted by Gasteiger charge is 2.32. The van der Waals surface area contributed by atoms with E-state index in [2.05, 4.69) is 11.9 Å². The number of oxazole rings is 1. The van der Waals surface area contributed by atoms with E-state index in [4.69, 9.17) is 4.42 Å². The van der Waals surface area contributed by atoms with Gasteiger partial charge in [-0.25, -0.2) is 12.8 Å². The van der Waals surface area contributed by atoms with E-state index in [1.54, 1.807) is 0 Å². The van der Waals surface area contributed by atoms with Crippen molar-refractivity contribution in [3.05, 3.63) is 60.4 Å². The van der Waals surface area contributed by atoms with Crippen LogP contribution in [0.25, 0.3) is 11.5 Å². The predicted molar refractivity (Wildman–Crippen MR) is 104 cm³/mol. The topological polar surface area (TPSA) is 63.4 Å². The van der Waals surface area contributed by atoms with Crippen LogP contribution in [0.15, 0.2) is 68.9 Å². The van der Waals surface area contributed by atoms with Crippen LogP contribution in [0.1, 0.15) is 19.8 Å². The molecule has 2 heterocycles. The van der Waals surface area contributed by atoms with E-state index in [1.165, 1.54) is 12.1 Å². The number of halogens is 1. The largest absolute Gasteiger partial charge is 0.419 e. The van der Waals surface area contributed by atoms with E-state index >= 15 is 0 Å². The molecule has 0 saturated carbocycles. The summed E-state index contributed by atoms with van der Waals surface area (Å²) >= 11 is 0. The molecule has 1 aliphatic rings. The first-order chi connectivity index (χ1) is 13.4. The second-order valence-electron chi connectivity index (χ2n) is 7.12. The van der Waals surface area contributed by atoms with E-state index in [9.17, 15) is 12.8 Å². The molecule has 3 aromatic rings. The Hall–Kier alpha value is -2.67. The minimum atomic E-state index is -3.95. The van der Waals surface area contributed by atoms with Crippen LogP contribution in [0.2, 0.25) is 0 Å². The summed E-state index contributed by atoms with van der Waals surface area (Å²) in [5.41, 5.74) is 0.703. The molecule has 1 saturated heterocycles. The van der Waals surface area contributed by atoms with E-state index < -0.39 is 15.7 Å². The van der Waals surface area contributed by atoms with Gasteiger partial charge in [-0.15, -0.1) is 0 Å². The normalized spacial score (nSPS) is 15.7. The summed E-state index contributed by atoms with van der Waals surface area (Å²) in [7, 11) is -3.95. The van der Waals surface area contributed by atoms with Crippen molar-refractivity contribution in [2.45, 2.75) is 29.7 Å². The summed E-state index contributed by atoms with van der Waals surface area (Å²) in [6.45, 7) is 3.59. The third-order valence-corrected chi connectivity index (χ3v) is 6.72. The summed E-state index contributed by atoms with van der Waals surface area (Å²) in [5.74, 6) is 0.615. The summed E-state index contributed by atoms with van der Waals surface area (Å²) in [6, 6.07) is 14.0. The van der Waals surface area contributed by atoms with Crippen LogP contribution in [0.3, 0.4) is 0 Å². The smallest absolute Gasteiger partial charge is 0.236 e. The van der Waals surface area contributed by atoms with Crippen molar-refractivity contribution in [3.63, 3.8) is 0 Å². The van der Waals surface area contributed by atoms with Crippen LogP contribution in [-0.2, 0) is 9.84 Å². The summed E-state index contributed by atoms with van der Waals surface area (Å²) in [6.07, 6.45) is 1.91.